The zero-order chi connectivity index (χ0) is 18.2. The van der Waals surface area contributed by atoms with Gasteiger partial charge in [-0.15, -0.1) is 0 Å². The van der Waals surface area contributed by atoms with Gasteiger partial charge in [0.1, 0.15) is 0 Å². The second-order valence-electron chi connectivity index (χ2n) is 5.08. The van der Waals surface area contributed by atoms with E-state index in [4.69, 9.17) is 16.7 Å². The normalized spacial score (nSPS) is 10.6. The molecule has 1 aromatic carbocycles. The SMILES string of the molecule is Cc1cc(C(=O)NCCSSCCC(=O)O)nn1-c1ccccc1Cl. The average Bonchev–Trinajstić information content (AvgIpc) is 2.96. The van der Waals surface area contributed by atoms with E-state index in [9.17, 15) is 9.59 Å². The van der Waals surface area contributed by atoms with Crippen LogP contribution in [0.15, 0.2) is 30.3 Å². The molecule has 2 rings (SSSR count). The van der Waals surface area contributed by atoms with Gasteiger partial charge >= 0.3 is 5.97 Å². The van der Waals surface area contributed by atoms with Crippen molar-refractivity contribution in [3.8, 4) is 5.69 Å². The number of hydrogen-bond donors (Lipinski definition) is 2. The van der Waals surface area contributed by atoms with Crippen LogP contribution >= 0.6 is 33.2 Å². The molecular formula is C16H18ClN3O3S2. The Labute approximate surface area is 158 Å². The van der Waals surface area contributed by atoms with E-state index in [1.165, 1.54) is 21.6 Å². The van der Waals surface area contributed by atoms with Crippen molar-refractivity contribution in [2.24, 2.45) is 0 Å². The van der Waals surface area contributed by atoms with E-state index in [-0.39, 0.29) is 12.3 Å². The van der Waals surface area contributed by atoms with Gasteiger partial charge in [0.05, 0.1) is 17.1 Å². The molecule has 0 atom stereocenters. The molecule has 0 saturated heterocycles. The minimum absolute atomic E-state index is 0.142. The van der Waals surface area contributed by atoms with E-state index in [2.05, 4.69) is 10.4 Å². The number of hydrogen-bond acceptors (Lipinski definition) is 5. The number of rotatable bonds is 9. The molecule has 0 saturated carbocycles. The Balaban J connectivity index is 1.84. The van der Waals surface area contributed by atoms with E-state index in [0.29, 0.717) is 28.8 Å². The summed E-state index contributed by atoms with van der Waals surface area (Å²) in [5, 5.41) is 16.2. The molecule has 0 spiro atoms. The van der Waals surface area contributed by atoms with Gasteiger partial charge in [-0.3, -0.25) is 9.59 Å². The number of carbonyl (C=O) groups is 2. The number of aliphatic carboxylic acids is 1. The number of amides is 1. The van der Waals surface area contributed by atoms with Crippen molar-refractivity contribution in [3.05, 3.63) is 46.7 Å². The summed E-state index contributed by atoms with van der Waals surface area (Å²) in [6.07, 6.45) is 0.142. The number of carboxylic acids is 1. The third-order valence-electron chi connectivity index (χ3n) is 3.15. The number of carboxylic acid groups (broad SMARTS) is 1. The lowest BCUT2D eigenvalue weighted by Crippen LogP contribution is -2.26. The largest absolute Gasteiger partial charge is 0.481 e. The zero-order valence-corrected chi connectivity index (χ0v) is 16.0. The van der Waals surface area contributed by atoms with E-state index in [1.807, 2.05) is 25.1 Å². The van der Waals surface area contributed by atoms with Crippen molar-refractivity contribution in [1.82, 2.24) is 15.1 Å². The van der Waals surface area contributed by atoms with Crippen LogP contribution in [0.25, 0.3) is 5.69 Å². The van der Waals surface area contributed by atoms with Gasteiger partial charge in [-0.25, -0.2) is 4.68 Å². The van der Waals surface area contributed by atoms with Crippen LogP contribution in [-0.4, -0.2) is 44.8 Å². The van der Waals surface area contributed by atoms with Gasteiger partial charge in [0.2, 0.25) is 0 Å². The monoisotopic (exact) mass is 399 g/mol. The number of carbonyl (C=O) groups excluding carboxylic acids is 1. The number of nitrogens with one attached hydrogen (secondary N) is 1. The molecule has 0 aliphatic heterocycles. The number of aryl methyl sites for hydroxylation is 1. The molecule has 2 aromatic rings. The summed E-state index contributed by atoms with van der Waals surface area (Å²) in [5.41, 5.74) is 1.88. The molecule has 1 amide bonds. The summed E-state index contributed by atoms with van der Waals surface area (Å²) in [5.74, 6) is 0.200. The van der Waals surface area contributed by atoms with Crippen LogP contribution in [0.5, 0.6) is 0 Å². The molecule has 9 heteroatoms. The average molecular weight is 400 g/mol. The van der Waals surface area contributed by atoms with E-state index in [1.54, 1.807) is 16.8 Å². The van der Waals surface area contributed by atoms with Crippen molar-refractivity contribution >= 4 is 45.1 Å². The van der Waals surface area contributed by atoms with Crippen molar-refractivity contribution in [2.75, 3.05) is 18.1 Å². The van der Waals surface area contributed by atoms with Gasteiger partial charge in [0.15, 0.2) is 5.69 Å². The maximum Gasteiger partial charge on any atom is 0.304 e. The molecule has 0 radical (unpaired) electrons. The highest BCUT2D eigenvalue weighted by atomic mass is 35.5. The summed E-state index contributed by atoms with van der Waals surface area (Å²) < 4.78 is 1.65. The first-order valence-corrected chi connectivity index (χ1v) is 10.4. The van der Waals surface area contributed by atoms with E-state index in [0.717, 1.165) is 11.4 Å². The lowest BCUT2D eigenvalue weighted by molar-refractivity contribution is -0.136. The minimum Gasteiger partial charge on any atom is -0.481 e. The third-order valence-corrected chi connectivity index (χ3v) is 5.88. The molecule has 0 aliphatic carbocycles. The lowest BCUT2D eigenvalue weighted by Gasteiger charge is -2.06. The van der Waals surface area contributed by atoms with E-state index < -0.39 is 5.97 Å². The number of benzene rings is 1. The highest BCUT2D eigenvalue weighted by molar-refractivity contribution is 8.76. The number of halogens is 1. The summed E-state index contributed by atoms with van der Waals surface area (Å²) in [6.45, 7) is 2.35. The molecule has 0 aliphatic rings. The number of aromatic nitrogens is 2. The van der Waals surface area contributed by atoms with E-state index >= 15 is 0 Å². The van der Waals surface area contributed by atoms with Gasteiger partial charge in [0, 0.05) is 23.7 Å². The fraction of sp³-hybridized carbons (Fsp3) is 0.312. The molecule has 0 bridgehead atoms. The minimum atomic E-state index is -0.800. The Morgan fingerprint density at radius 2 is 2.00 bits per heavy atom. The van der Waals surface area contributed by atoms with Gasteiger partial charge in [0.25, 0.3) is 5.91 Å². The Bertz CT molecular complexity index is 752. The lowest BCUT2D eigenvalue weighted by atomic mass is 10.3. The smallest absolute Gasteiger partial charge is 0.304 e. The van der Waals surface area contributed by atoms with Crippen LogP contribution in [-0.2, 0) is 4.79 Å². The highest BCUT2D eigenvalue weighted by Crippen LogP contribution is 2.22. The first-order valence-electron chi connectivity index (χ1n) is 7.55. The van der Waals surface area contributed by atoms with Crippen molar-refractivity contribution in [3.63, 3.8) is 0 Å². The summed E-state index contributed by atoms with van der Waals surface area (Å²) in [7, 11) is 3.02. The van der Waals surface area contributed by atoms with Crippen molar-refractivity contribution in [2.45, 2.75) is 13.3 Å². The first-order chi connectivity index (χ1) is 12.0. The van der Waals surface area contributed by atoms with Crippen molar-refractivity contribution in [1.29, 1.82) is 0 Å². The molecule has 6 nitrogen and oxygen atoms in total. The Morgan fingerprint density at radius 1 is 1.28 bits per heavy atom. The zero-order valence-electron chi connectivity index (χ0n) is 13.6. The topological polar surface area (TPSA) is 84.2 Å². The predicted octanol–water partition coefficient (Wildman–Crippen LogP) is 3.42. The molecule has 134 valence electrons. The summed E-state index contributed by atoms with van der Waals surface area (Å²) >= 11 is 6.18. The van der Waals surface area contributed by atoms with Gasteiger partial charge < -0.3 is 10.4 Å². The maximum atomic E-state index is 12.2. The van der Waals surface area contributed by atoms with Crippen LogP contribution in [0.1, 0.15) is 22.6 Å². The van der Waals surface area contributed by atoms with Crippen LogP contribution in [0.3, 0.4) is 0 Å². The van der Waals surface area contributed by atoms with Crippen molar-refractivity contribution < 1.29 is 14.7 Å². The van der Waals surface area contributed by atoms with Crippen LogP contribution in [0.2, 0.25) is 5.02 Å². The molecule has 25 heavy (non-hydrogen) atoms. The Kier molecular flexibility index (Phi) is 7.67. The van der Waals surface area contributed by atoms with Crippen LogP contribution in [0, 0.1) is 6.92 Å². The van der Waals surface area contributed by atoms with Gasteiger partial charge in [-0.1, -0.05) is 45.3 Å². The van der Waals surface area contributed by atoms with Gasteiger partial charge in [-0.2, -0.15) is 5.10 Å². The quantitative estimate of drug-likeness (QED) is 0.496. The summed E-state index contributed by atoms with van der Waals surface area (Å²) in [6, 6.07) is 9.03. The molecule has 1 heterocycles. The van der Waals surface area contributed by atoms with Crippen LogP contribution in [0.4, 0.5) is 0 Å². The number of nitrogens with zero attached hydrogens (tertiary/aromatic N) is 2. The fourth-order valence-electron chi connectivity index (χ4n) is 2.00. The second kappa shape index (κ2) is 9.74. The Hall–Kier alpha value is -1.64. The third kappa shape index (κ3) is 5.98. The highest BCUT2D eigenvalue weighted by Gasteiger charge is 2.14. The summed E-state index contributed by atoms with van der Waals surface area (Å²) in [4.78, 5) is 22.6. The number of para-hydroxylation sites is 1. The molecule has 2 N–H and O–H groups in total. The maximum absolute atomic E-state index is 12.2. The first kappa shape index (κ1) is 19.7. The molecule has 0 fully saturated rings. The Morgan fingerprint density at radius 3 is 2.72 bits per heavy atom. The predicted molar refractivity (Wildman–Crippen MR) is 103 cm³/mol. The second-order valence-corrected chi connectivity index (χ2v) is 8.19. The fourth-order valence-corrected chi connectivity index (χ4v) is 4.10. The molecule has 1 aromatic heterocycles. The standard InChI is InChI=1S/C16H18ClN3O3S2/c1-11-10-13(19-20(11)14-5-3-2-4-12(14)17)16(23)18-7-9-25-24-8-6-15(21)22/h2-5,10H,6-9H2,1H3,(H,18,23)(H,21,22). The molecular weight excluding hydrogens is 382 g/mol. The van der Waals surface area contributed by atoms with Gasteiger partial charge in [-0.05, 0) is 25.1 Å². The molecule has 0 unspecified atom stereocenters. The van der Waals surface area contributed by atoms with Crippen LogP contribution < -0.4 is 5.32 Å².